The number of hydrogen-bond donors (Lipinski definition) is 2. The predicted molar refractivity (Wildman–Crippen MR) is 165 cm³/mol. The Morgan fingerprint density at radius 1 is 1.14 bits per heavy atom. The Morgan fingerprint density at radius 2 is 1.76 bits per heavy atom. The summed E-state index contributed by atoms with van der Waals surface area (Å²) in [6, 6.07) is 6.58. The van der Waals surface area contributed by atoms with Crippen LogP contribution in [-0.4, -0.2) is 98.7 Å². The number of unbranched alkanes of at least 4 members (excludes halogenated alkanes) is 1. The second kappa shape index (κ2) is 13.6. The van der Waals surface area contributed by atoms with Crippen molar-refractivity contribution >= 4 is 30.1 Å². The summed E-state index contributed by atoms with van der Waals surface area (Å²) < 4.78 is 1.92. The number of aliphatic hydroxyl groups is 1. The fraction of sp³-hybridized carbons (Fsp3) is 0.613. The van der Waals surface area contributed by atoms with Crippen LogP contribution in [0.3, 0.4) is 0 Å². The molecule has 2 aliphatic rings. The Morgan fingerprint density at radius 3 is 2.31 bits per heavy atom. The molecule has 3 amide bonds. The minimum Gasteiger partial charge on any atom is -0.390 e. The molecule has 10 nitrogen and oxygen atoms in total. The number of nitrogens with one attached hydrogen (secondary N) is 1. The number of carbonyl (C=O) groups is 3. The van der Waals surface area contributed by atoms with Crippen molar-refractivity contribution in [2.24, 2.45) is 5.92 Å². The van der Waals surface area contributed by atoms with E-state index in [-0.39, 0.29) is 36.0 Å². The number of hydrogen-bond acceptors (Lipinski definition) is 6. The summed E-state index contributed by atoms with van der Waals surface area (Å²) in [6.45, 7) is 12.4. The topological polar surface area (TPSA) is 111 Å². The van der Waals surface area contributed by atoms with Crippen molar-refractivity contribution < 1.29 is 19.5 Å². The highest BCUT2D eigenvalue weighted by atomic mass is 35.5. The van der Waals surface area contributed by atoms with E-state index in [9.17, 15) is 19.5 Å². The number of aromatic nitrogens is 2. The summed E-state index contributed by atoms with van der Waals surface area (Å²) in [6.07, 6.45) is 1.91. The van der Waals surface area contributed by atoms with Crippen molar-refractivity contribution in [3.8, 4) is 5.69 Å². The van der Waals surface area contributed by atoms with Crippen LogP contribution < -0.4 is 5.32 Å². The molecule has 0 radical (unpaired) electrons. The van der Waals surface area contributed by atoms with E-state index in [2.05, 4.69) is 24.1 Å². The Kier molecular flexibility index (Phi) is 10.8. The number of carbonyl (C=O) groups excluding carboxylic acids is 3. The maximum atomic E-state index is 13.6. The van der Waals surface area contributed by atoms with Gasteiger partial charge < -0.3 is 20.2 Å². The van der Waals surface area contributed by atoms with Gasteiger partial charge in [0.15, 0.2) is 0 Å². The lowest BCUT2D eigenvalue weighted by Gasteiger charge is -2.52. The quantitative estimate of drug-likeness (QED) is 0.456. The third-order valence-electron chi connectivity index (χ3n) is 8.79. The lowest BCUT2D eigenvalue weighted by molar-refractivity contribution is -0.165. The second-order valence-electron chi connectivity index (χ2n) is 12.1. The van der Waals surface area contributed by atoms with Crippen molar-refractivity contribution in [1.82, 2.24) is 29.8 Å². The van der Waals surface area contributed by atoms with E-state index in [1.54, 1.807) is 23.9 Å². The number of halogens is 1. The summed E-state index contributed by atoms with van der Waals surface area (Å²) in [5.74, 6) is -0.492. The molecule has 232 valence electrons. The van der Waals surface area contributed by atoms with Crippen LogP contribution in [0.2, 0.25) is 0 Å². The molecule has 11 heteroatoms. The zero-order chi connectivity index (χ0) is 30.1. The highest BCUT2D eigenvalue weighted by molar-refractivity contribution is 6.00. The van der Waals surface area contributed by atoms with Gasteiger partial charge in [0.1, 0.15) is 11.6 Å². The Labute approximate surface area is 255 Å². The van der Waals surface area contributed by atoms with Crippen LogP contribution in [0.1, 0.15) is 73.8 Å². The van der Waals surface area contributed by atoms with Gasteiger partial charge in [0, 0.05) is 57.1 Å². The SMILES string of the molecule is CCCCN1C(=O)[C@@H]([C@H](O)C(C)C)NC(=O)C12CCN(Cc1c(C)nn(-c3ccc(C(=O)N(C)C)cc3)c1C)CC2.Cl. The van der Waals surface area contributed by atoms with Crippen LogP contribution in [0.25, 0.3) is 5.69 Å². The third-order valence-corrected chi connectivity index (χ3v) is 8.79. The molecular formula is C31H47ClN6O4. The maximum absolute atomic E-state index is 13.6. The van der Waals surface area contributed by atoms with Crippen LogP contribution >= 0.6 is 12.4 Å². The molecule has 1 spiro atoms. The number of piperidine rings is 1. The average Bonchev–Trinajstić information content (AvgIpc) is 3.23. The van der Waals surface area contributed by atoms with Gasteiger partial charge in [-0.15, -0.1) is 12.4 Å². The number of aryl methyl sites for hydroxylation is 1. The van der Waals surface area contributed by atoms with Crippen molar-refractivity contribution in [3.63, 3.8) is 0 Å². The molecule has 42 heavy (non-hydrogen) atoms. The van der Waals surface area contributed by atoms with E-state index in [1.807, 2.05) is 49.7 Å². The summed E-state index contributed by atoms with van der Waals surface area (Å²) in [4.78, 5) is 45.1. The summed E-state index contributed by atoms with van der Waals surface area (Å²) in [5.41, 5.74) is 3.77. The van der Waals surface area contributed by atoms with Gasteiger partial charge in [-0.05, 0) is 63.3 Å². The molecule has 3 heterocycles. The van der Waals surface area contributed by atoms with Crippen molar-refractivity contribution in [2.45, 2.75) is 84.5 Å². The lowest BCUT2D eigenvalue weighted by Crippen LogP contribution is -2.74. The third kappa shape index (κ3) is 6.35. The number of aliphatic hydroxyl groups excluding tert-OH is 1. The normalized spacial score (nSPS) is 19.5. The van der Waals surface area contributed by atoms with Crippen molar-refractivity contribution in [3.05, 3.63) is 46.8 Å². The molecule has 0 saturated carbocycles. The summed E-state index contributed by atoms with van der Waals surface area (Å²) in [5, 5.41) is 18.4. The van der Waals surface area contributed by atoms with Gasteiger partial charge in [-0.1, -0.05) is 27.2 Å². The fourth-order valence-corrected chi connectivity index (χ4v) is 6.06. The highest BCUT2D eigenvalue weighted by Crippen LogP contribution is 2.35. The van der Waals surface area contributed by atoms with Gasteiger partial charge in [-0.2, -0.15) is 5.10 Å². The van der Waals surface area contributed by atoms with Crippen molar-refractivity contribution in [2.75, 3.05) is 33.7 Å². The second-order valence-corrected chi connectivity index (χ2v) is 12.1. The Balaban J connectivity index is 0.00000484. The molecule has 2 atom stereocenters. The maximum Gasteiger partial charge on any atom is 0.253 e. The first-order valence-corrected chi connectivity index (χ1v) is 14.8. The van der Waals surface area contributed by atoms with Crippen molar-refractivity contribution in [1.29, 1.82) is 0 Å². The minimum absolute atomic E-state index is 0. The number of likely N-dealkylation sites (tertiary alicyclic amines) is 1. The van der Waals surface area contributed by atoms with Crippen LogP contribution in [0.15, 0.2) is 24.3 Å². The van der Waals surface area contributed by atoms with Gasteiger partial charge in [-0.25, -0.2) is 4.68 Å². The van der Waals surface area contributed by atoms with E-state index in [4.69, 9.17) is 5.10 Å². The van der Waals surface area contributed by atoms with E-state index < -0.39 is 17.7 Å². The minimum atomic E-state index is -0.917. The van der Waals surface area contributed by atoms with Crippen LogP contribution in [0.5, 0.6) is 0 Å². The van der Waals surface area contributed by atoms with E-state index in [0.717, 1.165) is 35.5 Å². The lowest BCUT2D eigenvalue weighted by atomic mass is 9.80. The van der Waals surface area contributed by atoms with Crippen LogP contribution in [-0.2, 0) is 16.1 Å². The van der Waals surface area contributed by atoms with E-state index in [1.165, 1.54) is 0 Å². The fourth-order valence-electron chi connectivity index (χ4n) is 6.06. The van der Waals surface area contributed by atoms with Gasteiger partial charge >= 0.3 is 0 Å². The summed E-state index contributed by atoms with van der Waals surface area (Å²) in [7, 11) is 3.47. The van der Waals surface area contributed by atoms with Gasteiger partial charge in [-0.3, -0.25) is 19.3 Å². The molecule has 2 saturated heterocycles. The smallest absolute Gasteiger partial charge is 0.253 e. The molecular weight excluding hydrogens is 556 g/mol. The first kappa shape index (κ1) is 33.6. The van der Waals surface area contributed by atoms with Gasteiger partial charge in [0.2, 0.25) is 11.8 Å². The number of nitrogens with zero attached hydrogens (tertiary/aromatic N) is 5. The molecule has 0 aliphatic carbocycles. The molecule has 0 unspecified atom stereocenters. The van der Waals surface area contributed by atoms with Gasteiger partial charge in [0.05, 0.1) is 17.5 Å². The average molecular weight is 603 g/mol. The largest absolute Gasteiger partial charge is 0.390 e. The molecule has 2 N–H and O–H groups in total. The number of benzene rings is 1. The van der Waals surface area contributed by atoms with Crippen LogP contribution in [0, 0.1) is 19.8 Å². The molecule has 2 aliphatic heterocycles. The number of piperazine rings is 1. The zero-order valence-corrected chi connectivity index (χ0v) is 26.8. The zero-order valence-electron chi connectivity index (χ0n) is 26.0. The van der Waals surface area contributed by atoms with E-state index in [0.29, 0.717) is 44.6 Å². The van der Waals surface area contributed by atoms with Crippen LogP contribution in [0.4, 0.5) is 0 Å². The van der Waals surface area contributed by atoms with E-state index >= 15 is 0 Å². The highest BCUT2D eigenvalue weighted by Gasteiger charge is 2.54. The molecule has 2 fully saturated rings. The number of amides is 3. The molecule has 2 aromatic rings. The Hall–Kier alpha value is -2.95. The first-order chi connectivity index (χ1) is 19.4. The number of rotatable bonds is 9. The standard InChI is InChI=1S/C31H46N6O4.ClH/c1-8-9-16-36-29(40)26(27(38)20(2)3)32-30(41)31(36)14-17-35(18-15-31)19-25-21(4)33-37(22(25)5)24-12-10-23(11-13-24)28(39)34(6)7;/h10-13,20,26-27,38H,8-9,14-19H2,1-7H3,(H,32,41);1H/t26-,27-;/m1./s1. The van der Waals surface area contributed by atoms with Gasteiger partial charge in [0.25, 0.3) is 5.91 Å². The molecule has 1 aromatic carbocycles. The summed E-state index contributed by atoms with van der Waals surface area (Å²) >= 11 is 0. The molecule has 1 aromatic heterocycles. The predicted octanol–water partition coefficient (Wildman–Crippen LogP) is 3.09. The molecule has 4 rings (SSSR count). The molecule has 0 bridgehead atoms. The first-order valence-electron chi connectivity index (χ1n) is 14.8. The monoisotopic (exact) mass is 602 g/mol. The Bertz CT molecular complexity index is 1270.